The minimum Gasteiger partial charge on any atom is -0.496 e. The van der Waals surface area contributed by atoms with E-state index in [9.17, 15) is 0 Å². The van der Waals surface area contributed by atoms with E-state index >= 15 is 0 Å². The van der Waals surface area contributed by atoms with Crippen molar-refractivity contribution in [1.82, 2.24) is 9.80 Å². The number of ether oxygens (including phenoxy) is 1. The van der Waals surface area contributed by atoms with Crippen molar-refractivity contribution in [2.75, 3.05) is 33.3 Å². The number of para-hydroxylation sites is 1. The van der Waals surface area contributed by atoms with Crippen molar-refractivity contribution in [2.24, 2.45) is 0 Å². The van der Waals surface area contributed by atoms with Crippen molar-refractivity contribution in [2.45, 2.75) is 38.3 Å². The van der Waals surface area contributed by atoms with Gasteiger partial charge in [0.1, 0.15) is 5.75 Å². The smallest absolute Gasteiger partial charge is 0.126 e. The molecule has 2 fully saturated rings. The number of piperidine rings is 1. The van der Waals surface area contributed by atoms with Gasteiger partial charge >= 0.3 is 0 Å². The molecule has 0 bridgehead atoms. The molecule has 2 aliphatic rings. The van der Waals surface area contributed by atoms with Gasteiger partial charge in [-0.2, -0.15) is 0 Å². The molecule has 2 heterocycles. The molecule has 3 heteroatoms. The van der Waals surface area contributed by atoms with Crippen LogP contribution >= 0.6 is 0 Å². The second kappa shape index (κ2) is 7.30. The van der Waals surface area contributed by atoms with Gasteiger partial charge in [-0.3, -0.25) is 9.80 Å². The van der Waals surface area contributed by atoms with E-state index < -0.39 is 0 Å². The fraction of sp³-hybridized carbons (Fsp3) is 0.579. The Morgan fingerprint density at radius 3 is 2.82 bits per heavy atom. The van der Waals surface area contributed by atoms with Gasteiger partial charge in [0.05, 0.1) is 7.11 Å². The second-order valence-corrected chi connectivity index (χ2v) is 6.60. The monoisotopic (exact) mass is 300 g/mol. The van der Waals surface area contributed by atoms with Gasteiger partial charge < -0.3 is 4.74 Å². The van der Waals surface area contributed by atoms with Crippen LogP contribution < -0.4 is 4.74 Å². The van der Waals surface area contributed by atoms with Crippen LogP contribution in [0, 0.1) is 0 Å². The molecule has 0 unspecified atom stereocenters. The lowest BCUT2D eigenvalue weighted by atomic mass is 9.97. The number of methoxy groups -OCH3 is 1. The van der Waals surface area contributed by atoms with Crippen LogP contribution in [0.2, 0.25) is 0 Å². The molecule has 120 valence electrons. The summed E-state index contributed by atoms with van der Waals surface area (Å²) >= 11 is 0. The Balaban J connectivity index is 1.45. The fourth-order valence-electron chi connectivity index (χ4n) is 3.70. The van der Waals surface area contributed by atoms with Gasteiger partial charge in [-0.25, -0.2) is 0 Å². The van der Waals surface area contributed by atoms with E-state index in [1.165, 1.54) is 38.9 Å². The highest BCUT2D eigenvalue weighted by molar-refractivity contribution is 5.57. The Kier molecular flexibility index (Phi) is 5.16. The number of likely N-dealkylation sites (tertiary alicyclic amines) is 2. The summed E-state index contributed by atoms with van der Waals surface area (Å²) in [6, 6.07) is 9.75. The fourth-order valence-corrected chi connectivity index (χ4v) is 3.70. The third kappa shape index (κ3) is 3.53. The largest absolute Gasteiger partial charge is 0.496 e. The van der Waals surface area contributed by atoms with Gasteiger partial charge in [-0.15, -0.1) is 0 Å². The lowest BCUT2D eigenvalue weighted by molar-refractivity contribution is 0.00375. The van der Waals surface area contributed by atoms with E-state index in [1.807, 2.05) is 12.1 Å². The zero-order valence-corrected chi connectivity index (χ0v) is 13.9. The maximum absolute atomic E-state index is 5.38. The zero-order chi connectivity index (χ0) is 15.4. The molecule has 1 atom stereocenters. The van der Waals surface area contributed by atoms with Gasteiger partial charge in [0.15, 0.2) is 0 Å². The van der Waals surface area contributed by atoms with Crippen molar-refractivity contribution >= 4 is 6.08 Å². The minimum atomic E-state index is 0.782. The lowest BCUT2D eigenvalue weighted by Gasteiger charge is -2.49. The quantitative estimate of drug-likeness (QED) is 0.830. The molecule has 0 amide bonds. The average Bonchev–Trinajstić information content (AvgIpc) is 2.51. The standard InChI is InChI=1S/C19H28N2O/c1-16-8-5-6-13-21(16)18-14-20(15-18)12-7-10-17-9-3-4-11-19(17)22-2/h3-4,7,9-11,16,18H,5-6,8,12-15H2,1-2H3/b10-7+/t16-/m0/s1. The molecule has 2 aliphatic heterocycles. The van der Waals surface area contributed by atoms with Crippen molar-refractivity contribution in [3.8, 4) is 5.75 Å². The van der Waals surface area contributed by atoms with E-state index in [1.54, 1.807) is 7.11 Å². The van der Waals surface area contributed by atoms with Crippen LogP contribution in [0.1, 0.15) is 31.7 Å². The maximum atomic E-state index is 5.38. The van der Waals surface area contributed by atoms with E-state index in [4.69, 9.17) is 4.74 Å². The highest BCUT2D eigenvalue weighted by atomic mass is 16.5. The first-order valence-corrected chi connectivity index (χ1v) is 8.55. The summed E-state index contributed by atoms with van der Waals surface area (Å²) in [5, 5.41) is 0. The molecular weight excluding hydrogens is 272 g/mol. The molecule has 0 saturated carbocycles. The Labute approximate surface area is 134 Å². The van der Waals surface area contributed by atoms with Crippen LogP contribution in [0.5, 0.6) is 5.75 Å². The highest BCUT2D eigenvalue weighted by Gasteiger charge is 2.34. The summed E-state index contributed by atoms with van der Waals surface area (Å²) in [5.41, 5.74) is 1.16. The van der Waals surface area contributed by atoms with Crippen LogP contribution in [-0.4, -0.2) is 55.2 Å². The predicted octanol–water partition coefficient (Wildman–Crippen LogP) is 3.27. The van der Waals surface area contributed by atoms with Crippen molar-refractivity contribution in [1.29, 1.82) is 0 Å². The summed E-state index contributed by atoms with van der Waals surface area (Å²) in [5.74, 6) is 0.947. The lowest BCUT2D eigenvalue weighted by Crippen LogP contribution is -2.62. The van der Waals surface area contributed by atoms with Crippen LogP contribution in [0.15, 0.2) is 30.3 Å². The van der Waals surface area contributed by atoms with E-state index in [2.05, 4.69) is 41.0 Å². The van der Waals surface area contributed by atoms with Gasteiger partial charge in [0.2, 0.25) is 0 Å². The highest BCUT2D eigenvalue weighted by Crippen LogP contribution is 2.24. The van der Waals surface area contributed by atoms with Crippen molar-refractivity contribution < 1.29 is 4.74 Å². The predicted molar refractivity (Wildman–Crippen MR) is 92.3 cm³/mol. The molecule has 0 radical (unpaired) electrons. The first-order chi connectivity index (χ1) is 10.8. The Morgan fingerprint density at radius 1 is 1.23 bits per heavy atom. The SMILES string of the molecule is COc1ccccc1/C=C/CN1CC(N2CCCC[C@@H]2C)C1. The summed E-state index contributed by atoms with van der Waals surface area (Å²) < 4.78 is 5.38. The molecule has 0 aliphatic carbocycles. The Bertz CT molecular complexity index is 508. The minimum absolute atomic E-state index is 0.782. The third-order valence-electron chi connectivity index (χ3n) is 5.06. The molecule has 1 aromatic rings. The van der Waals surface area contributed by atoms with Crippen LogP contribution in [-0.2, 0) is 0 Å². The molecular formula is C19H28N2O. The summed E-state index contributed by atoms with van der Waals surface area (Å²) in [7, 11) is 1.73. The molecule has 22 heavy (non-hydrogen) atoms. The summed E-state index contributed by atoms with van der Waals surface area (Å²) in [6.07, 6.45) is 8.61. The van der Waals surface area contributed by atoms with Crippen molar-refractivity contribution in [3.63, 3.8) is 0 Å². The van der Waals surface area contributed by atoms with E-state index in [-0.39, 0.29) is 0 Å². The number of rotatable bonds is 5. The Morgan fingerprint density at radius 2 is 2.05 bits per heavy atom. The van der Waals surface area contributed by atoms with Crippen LogP contribution in [0.25, 0.3) is 6.08 Å². The first kappa shape index (κ1) is 15.6. The zero-order valence-electron chi connectivity index (χ0n) is 13.9. The summed E-state index contributed by atoms with van der Waals surface area (Å²) in [6.45, 7) is 7.18. The summed E-state index contributed by atoms with van der Waals surface area (Å²) in [4.78, 5) is 5.25. The van der Waals surface area contributed by atoms with E-state index in [0.29, 0.717) is 0 Å². The normalized spacial score (nSPS) is 24.5. The number of benzene rings is 1. The van der Waals surface area contributed by atoms with Crippen molar-refractivity contribution in [3.05, 3.63) is 35.9 Å². The molecule has 0 spiro atoms. The number of nitrogens with zero attached hydrogens (tertiary/aromatic N) is 2. The van der Waals surface area contributed by atoms with Gasteiger partial charge in [0.25, 0.3) is 0 Å². The first-order valence-electron chi connectivity index (χ1n) is 8.55. The Hall–Kier alpha value is -1.32. The topological polar surface area (TPSA) is 15.7 Å². The number of hydrogen-bond donors (Lipinski definition) is 0. The number of hydrogen-bond acceptors (Lipinski definition) is 3. The molecule has 3 nitrogen and oxygen atoms in total. The second-order valence-electron chi connectivity index (χ2n) is 6.60. The van der Waals surface area contributed by atoms with Gasteiger partial charge in [0, 0.05) is 37.3 Å². The molecule has 0 N–H and O–H groups in total. The van der Waals surface area contributed by atoms with Gasteiger partial charge in [-0.1, -0.05) is 36.8 Å². The molecule has 0 aromatic heterocycles. The molecule has 1 aromatic carbocycles. The van der Waals surface area contributed by atoms with Crippen LogP contribution in [0.3, 0.4) is 0 Å². The van der Waals surface area contributed by atoms with E-state index in [0.717, 1.165) is 29.9 Å². The molecule has 2 saturated heterocycles. The maximum Gasteiger partial charge on any atom is 0.126 e. The third-order valence-corrected chi connectivity index (χ3v) is 5.06. The molecule has 3 rings (SSSR count). The average molecular weight is 300 g/mol. The van der Waals surface area contributed by atoms with Gasteiger partial charge in [-0.05, 0) is 32.4 Å². The van der Waals surface area contributed by atoms with Crippen LogP contribution in [0.4, 0.5) is 0 Å².